The van der Waals surface area contributed by atoms with Gasteiger partial charge in [-0.2, -0.15) is 4.89 Å². The van der Waals surface area contributed by atoms with Gasteiger partial charge in [0.15, 0.2) is 29.2 Å². The van der Waals surface area contributed by atoms with E-state index in [0.29, 0.717) is 19.4 Å². The first kappa shape index (κ1) is 30.4. The number of aliphatic hydroxyl groups excluding tert-OH is 1. The molecular formula is C30H31N3O11. The Labute approximate surface area is 252 Å². The second kappa shape index (κ2) is 13.1. The van der Waals surface area contributed by atoms with Gasteiger partial charge in [-0.15, -0.1) is 0 Å². The van der Waals surface area contributed by atoms with Crippen LogP contribution < -0.4 is 23.8 Å². The minimum atomic E-state index is -1.50. The number of rotatable bonds is 10. The Hall–Kier alpha value is -5.08. The standard InChI is InChI=1S/C30H31N3O11/c1-39-24-12-19(22(33(37)38)14-26(24)41-3)17-43-44-30(36)32-23-15-27(42-16-18-8-5-4-6-9-18)25(40-2)13-20(23)28(34)31-11-7-10-21(31)29(32)35/h4-6,8-9,12-15,21,29,35H,7,10-11,16-17H2,1-3H3/t21-,29?/m0/s1. The Morgan fingerprint density at radius 3 is 2.34 bits per heavy atom. The van der Waals surface area contributed by atoms with E-state index in [1.54, 1.807) is 0 Å². The van der Waals surface area contributed by atoms with Gasteiger partial charge < -0.3 is 29.0 Å². The lowest BCUT2D eigenvalue weighted by Crippen LogP contribution is -2.50. The van der Waals surface area contributed by atoms with Crippen LogP contribution in [0.1, 0.15) is 34.3 Å². The van der Waals surface area contributed by atoms with E-state index in [4.69, 9.17) is 28.7 Å². The number of nitro benzene ring substituents is 1. The van der Waals surface area contributed by atoms with Gasteiger partial charge >= 0.3 is 6.09 Å². The maximum absolute atomic E-state index is 13.6. The van der Waals surface area contributed by atoms with E-state index in [1.165, 1.54) is 50.5 Å². The molecule has 1 unspecified atom stereocenters. The maximum Gasteiger partial charge on any atom is 0.447 e. The zero-order valence-corrected chi connectivity index (χ0v) is 24.3. The SMILES string of the molecule is COc1cc(COOC(=O)N2c3cc(OCc4ccccc4)c(OC)cc3C(=O)N3CCC[C@H]3C2O)c([N+](=O)[O-])cc1OC. The molecule has 0 aromatic heterocycles. The topological polar surface area (TPSA) is 159 Å². The Balaban J connectivity index is 1.45. The molecule has 5 rings (SSSR count). The quantitative estimate of drug-likeness (QED) is 0.199. The van der Waals surface area contributed by atoms with Crippen LogP contribution in [-0.2, 0) is 23.0 Å². The summed E-state index contributed by atoms with van der Waals surface area (Å²) < 4.78 is 21.9. The first-order valence-electron chi connectivity index (χ1n) is 13.7. The number of amides is 2. The number of hydrogen-bond acceptors (Lipinski definition) is 11. The molecule has 2 amide bonds. The van der Waals surface area contributed by atoms with Gasteiger partial charge in [-0.25, -0.2) is 9.69 Å². The van der Waals surface area contributed by atoms with Crippen molar-refractivity contribution in [3.63, 3.8) is 0 Å². The third kappa shape index (κ3) is 5.89. The van der Waals surface area contributed by atoms with Crippen LogP contribution >= 0.6 is 0 Å². The lowest BCUT2D eigenvalue weighted by Gasteiger charge is -2.31. The molecule has 0 aliphatic carbocycles. The lowest BCUT2D eigenvalue weighted by atomic mass is 10.1. The fraction of sp³-hybridized carbons (Fsp3) is 0.333. The lowest BCUT2D eigenvalue weighted by molar-refractivity contribution is -0.386. The number of anilines is 1. The summed E-state index contributed by atoms with van der Waals surface area (Å²) in [6.45, 7) is 0.0254. The molecule has 2 aliphatic rings. The second-order valence-electron chi connectivity index (χ2n) is 9.99. The highest BCUT2D eigenvalue weighted by Crippen LogP contribution is 2.42. The van der Waals surface area contributed by atoms with Gasteiger partial charge in [0.1, 0.15) is 13.2 Å². The summed E-state index contributed by atoms with van der Waals surface area (Å²) >= 11 is 0. The molecule has 14 heteroatoms. The Morgan fingerprint density at radius 1 is 0.977 bits per heavy atom. The van der Waals surface area contributed by atoms with Crippen molar-refractivity contribution in [1.82, 2.24) is 4.90 Å². The van der Waals surface area contributed by atoms with Crippen LogP contribution in [0.15, 0.2) is 54.6 Å². The highest BCUT2D eigenvalue weighted by atomic mass is 17.2. The monoisotopic (exact) mass is 609 g/mol. The summed E-state index contributed by atoms with van der Waals surface area (Å²) in [5.41, 5.74) is 0.667. The van der Waals surface area contributed by atoms with Crippen molar-refractivity contribution < 1.29 is 48.3 Å². The van der Waals surface area contributed by atoms with Crippen LogP contribution in [0.4, 0.5) is 16.2 Å². The van der Waals surface area contributed by atoms with Crippen molar-refractivity contribution in [1.29, 1.82) is 0 Å². The van der Waals surface area contributed by atoms with Gasteiger partial charge in [0.25, 0.3) is 11.6 Å². The van der Waals surface area contributed by atoms with Crippen LogP contribution in [0.3, 0.4) is 0 Å². The number of benzene rings is 3. The van der Waals surface area contributed by atoms with Crippen LogP contribution in [0, 0.1) is 10.1 Å². The third-order valence-corrected chi connectivity index (χ3v) is 7.50. The highest BCUT2D eigenvalue weighted by molar-refractivity contribution is 6.06. The summed E-state index contributed by atoms with van der Waals surface area (Å²) in [7, 11) is 4.14. The van der Waals surface area contributed by atoms with Crippen LogP contribution in [-0.4, -0.2) is 67.1 Å². The van der Waals surface area contributed by atoms with Gasteiger partial charge in [0.05, 0.1) is 55.2 Å². The number of carbonyl (C=O) groups is 2. The van der Waals surface area contributed by atoms with E-state index in [-0.39, 0.29) is 52.1 Å². The number of carbonyl (C=O) groups excluding carboxylic acids is 2. The number of nitro groups is 1. The van der Waals surface area contributed by atoms with Crippen LogP contribution in [0.25, 0.3) is 0 Å². The van der Waals surface area contributed by atoms with E-state index in [1.807, 2.05) is 30.3 Å². The molecule has 44 heavy (non-hydrogen) atoms. The largest absolute Gasteiger partial charge is 0.493 e. The summed E-state index contributed by atoms with van der Waals surface area (Å²) in [6, 6.07) is 14.0. The molecular weight excluding hydrogens is 578 g/mol. The molecule has 2 aliphatic heterocycles. The van der Waals surface area contributed by atoms with Crippen LogP contribution in [0.5, 0.6) is 23.0 Å². The Kier molecular flexibility index (Phi) is 9.01. The molecule has 3 aromatic rings. The smallest absolute Gasteiger partial charge is 0.447 e. The number of nitrogens with zero attached hydrogens (tertiary/aromatic N) is 3. The summed E-state index contributed by atoms with van der Waals surface area (Å²) in [6.07, 6.45) is -1.58. The third-order valence-electron chi connectivity index (χ3n) is 7.50. The molecule has 0 bridgehead atoms. The van der Waals surface area contributed by atoms with E-state index >= 15 is 0 Å². The van der Waals surface area contributed by atoms with Gasteiger partial charge in [-0.1, -0.05) is 30.3 Å². The number of aliphatic hydroxyl groups is 1. The summed E-state index contributed by atoms with van der Waals surface area (Å²) in [4.78, 5) is 50.9. The fourth-order valence-electron chi connectivity index (χ4n) is 5.34. The van der Waals surface area contributed by atoms with Gasteiger partial charge in [0.2, 0.25) is 0 Å². The molecule has 2 heterocycles. The van der Waals surface area contributed by atoms with Crippen molar-refractivity contribution >= 4 is 23.4 Å². The summed E-state index contributed by atoms with van der Waals surface area (Å²) in [5, 5.41) is 23.1. The predicted molar refractivity (Wildman–Crippen MR) is 154 cm³/mol. The highest BCUT2D eigenvalue weighted by Gasteiger charge is 2.45. The van der Waals surface area contributed by atoms with Gasteiger partial charge in [-0.05, 0) is 30.5 Å². The van der Waals surface area contributed by atoms with E-state index in [2.05, 4.69) is 0 Å². The second-order valence-corrected chi connectivity index (χ2v) is 9.99. The summed E-state index contributed by atoms with van der Waals surface area (Å²) in [5.74, 6) is 0.418. The normalized spacial score (nSPS) is 17.3. The van der Waals surface area contributed by atoms with Gasteiger partial charge in [0, 0.05) is 12.6 Å². The van der Waals surface area contributed by atoms with Crippen molar-refractivity contribution in [2.75, 3.05) is 32.8 Å². The zero-order chi connectivity index (χ0) is 31.4. The van der Waals surface area contributed by atoms with E-state index < -0.39 is 35.8 Å². The minimum Gasteiger partial charge on any atom is -0.493 e. The molecule has 0 saturated carbocycles. The molecule has 0 spiro atoms. The van der Waals surface area contributed by atoms with Crippen molar-refractivity contribution in [2.24, 2.45) is 0 Å². The van der Waals surface area contributed by atoms with Crippen molar-refractivity contribution in [2.45, 2.75) is 38.3 Å². The molecule has 1 saturated heterocycles. The maximum atomic E-state index is 13.6. The van der Waals surface area contributed by atoms with Gasteiger partial charge in [-0.3, -0.25) is 19.8 Å². The number of hydrogen-bond donors (Lipinski definition) is 1. The number of fused-ring (bicyclic) bond motifs is 2. The molecule has 1 fully saturated rings. The number of methoxy groups -OCH3 is 3. The Bertz CT molecular complexity index is 1550. The van der Waals surface area contributed by atoms with E-state index in [0.717, 1.165) is 10.5 Å². The first-order chi connectivity index (χ1) is 21.3. The average molecular weight is 610 g/mol. The average Bonchev–Trinajstić information content (AvgIpc) is 3.51. The Morgan fingerprint density at radius 2 is 1.66 bits per heavy atom. The molecule has 14 nitrogen and oxygen atoms in total. The van der Waals surface area contributed by atoms with E-state index in [9.17, 15) is 24.8 Å². The van der Waals surface area contributed by atoms with Crippen LogP contribution in [0.2, 0.25) is 0 Å². The molecule has 3 aromatic carbocycles. The van der Waals surface area contributed by atoms with Crippen molar-refractivity contribution in [3.8, 4) is 23.0 Å². The molecule has 1 N–H and O–H groups in total. The molecule has 232 valence electrons. The molecule has 2 atom stereocenters. The first-order valence-corrected chi connectivity index (χ1v) is 13.7. The fourth-order valence-corrected chi connectivity index (χ4v) is 5.34. The molecule has 0 radical (unpaired) electrons. The minimum absolute atomic E-state index is 0.0199. The zero-order valence-electron chi connectivity index (χ0n) is 24.3. The van der Waals surface area contributed by atoms with Crippen molar-refractivity contribution in [3.05, 3.63) is 81.4 Å². The number of ether oxygens (including phenoxy) is 4. The predicted octanol–water partition coefficient (Wildman–Crippen LogP) is 4.21.